The van der Waals surface area contributed by atoms with Gasteiger partial charge in [-0.05, 0) is 6.08 Å². The Kier molecular flexibility index (Phi) is 1.98. The number of aliphatic imine (C=N–C) groups is 1. The highest BCUT2D eigenvalue weighted by atomic mass is 19.1. The average Bonchev–Trinajstić information content (AvgIpc) is 1.86. The van der Waals surface area contributed by atoms with Gasteiger partial charge in [0, 0.05) is 17.3 Å². The molecule has 0 aliphatic carbocycles. The number of alkyl halides is 1. The molecular formula is C8H13FN2. The third-order valence-corrected chi connectivity index (χ3v) is 1.54. The summed E-state index contributed by atoms with van der Waals surface area (Å²) < 4.78 is 12.6. The van der Waals surface area contributed by atoms with Crippen molar-refractivity contribution in [3.8, 4) is 0 Å². The van der Waals surface area contributed by atoms with E-state index in [1.165, 1.54) is 6.21 Å². The predicted octanol–water partition coefficient (Wildman–Crippen LogP) is 1.84. The van der Waals surface area contributed by atoms with E-state index in [0.29, 0.717) is 0 Å². The maximum absolute atomic E-state index is 12.6. The van der Waals surface area contributed by atoms with Crippen LogP contribution in [0.3, 0.4) is 0 Å². The smallest absolute Gasteiger partial charge is 0.264 e. The first-order valence-electron chi connectivity index (χ1n) is 3.65. The van der Waals surface area contributed by atoms with Gasteiger partial charge in [-0.15, -0.1) is 0 Å². The first kappa shape index (κ1) is 8.24. The van der Waals surface area contributed by atoms with Gasteiger partial charge in [-0.3, -0.25) is 0 Å². The van der Waals surface area contributed by atoms with Gasteiger partial charge >= 0.3 is 0 Å². The van der Waals surface area contributed by atoms with E-state index in [4.69, 9.17) is 0 Å². The molecular weight excluding hydrogens is 143 g/mol. The normalized spacial score (nSPS) is 24.4. The number of nitrogens with one attached hydrogen (secondary N) is 1. The fourth-order valence-electron chi connectivity index (χ4n) is 0.873. The lowest BCUT2D eigenvalue weighted by Gasteiger charge is -2.26. The molecule has 1 unspecified atom stereocenters. The molecule has 0 aromatic heterocycles. The van der Waals surface area contributed by atoms with Gasteiger partial charge in [0.25, 0.3) is 6.42 Å². The van der Waals surface area contributed by atoms with E-state index < -0.39 is 6.42 Å². The van der Waals surface area contributed by atoms with Gasteiger partial charge in [0.15, 0.2) is 0 Å². The molecule has 0 radical (unpaired) electrons. The summed E-state index contributed by atoms with van der Waals surface area (Å²) in [6.07, 6.45) is 2.03. The van der Waals surface area contributed by atoms with Gasteiger partial charge in [-0.1, -0.05) is 20.8 Å². The third kappa shape index (κ3) is 2.03. The summed E-state index contributed by atoms with van der Waals surface area (Å²) in [5.41, 5.74) is 0.858. The van der Waals surface area contributed by atoms with Gasteiger partial charge in [0.1, 0.15) is 0 Å². The van der Waals surface area contributed by atoms with Crippen LogP contribution in [0.1, 0.15) is 20.8 Å². The molecule has 0 aromatic carbocycles. The average molecular weight is 156 g/mol. The number of hydrogen-bond donors (Lipinski definition) is 1. The van der Waals surface area contributed by atoms with Crippen LogP contribution < -0.4 is 5.32 Å². The van der Waals surface area contributed by atoms with Crippen molar-refractivity contribution in [3.05, 3.63) is 11.8 Å². The van der Waals surface area contributed by atoms with Crippen molar-refractivity contribution in [2.45, 2.75) is 27.2 Å². The molecule has 0 amide bonds. The molecule has 0 saturated carbocycles. The zero-order chi connectivity index (χ0) is 8.48. The number of nitrogens with zero attached hydrogens (tertiary/aromatic N) is 1. The monoisotopic (exact) mass is 156 g/mol. The second kappa shape index (κ2) is 2.64. The molecule has 0 aromatic rings. The van der Waals surface area contributed by atoms with Crippen LogP contribution in [0.2, 0.25) is 0 Å². The summed E-state index contributed by atoms with van der Waals surface area (Å²) in [4.78, 5) is 3.51. The molecule has 1 aliphatic rings. The third-order valence-electron chi connectivity index (χ3n) is 1.54. The van der Waals surface area contributed by atoms with Crippen molar-refractivity contribution in [2.24, 2.45) is 10.4 Å². The van der Waals surface area contributed by atoms with Gasteiger partial charge < -0.3 is 5.32 Å². The van der Waals surface area contributed by atoms with Crippen molar-refractivity contribution in [1.29, 1.82) is 0 Å². The summed E-state index contributed by atoms with van der Waals surface area (Å²) in [6.45, 7) is 6.08. The standard InChI is InChI=1S/C8H13FN2/c1-8(2,3)6-4-5-10-7(9)11-6/h4-5,7,11H,1-3H3. The second-order valence-corrected chi connectivity index (χ2v) is 3.61. The first-order chi connectivity index (χ1) is 5.00. The fourth-order valence-corrected chi connectivity index (χ4v) is 0.873. The van der Waals surface area contributed by atoms with Crippen molar-refractivity contribution in [3.63, 3.8) is 0 Å². The molecule has 0 spiro atoms. The number of allylic oxidation sites excluding steroid dienone is 2. The largest absolute Gasteiger partial charge is 0.341 e. The molecule has 2 nitrogen and oxygen atoms in total. The highest BCUT2D eigenvalue weighted by molar-refractivity contribution is 5.73. The number of rotatable bonds is 0. The number of halogens is 1. The Labute approximate surface area is 66.2 Å². The molecule has 1 aliphatic heterocycles. The highest BCUT2D eigenvalue weighted by Gasteiger charge is 2.20. The van der Waals surface area contributed by atoms with E-state index in [0.717, 1.165) is 5.70 Å². The van der Waals surface area contributed by atoms with Gasteiger partial charge in [0.05, 0.1) is 0 Å². The van der Waals surface area contributed by atoms with E-state index in [2.05, 4.69) is 10.3 Å². The molecule has 1 atom stereocenters. The van der Waals surface area contributed by atoms with Crippen LogP contribution >= 0.6 is 0 Å². The SMILES string of the molecule is CC(C)(C)C1=CC=NC(F)N1. The first-order valence-corrected chi connectivity index (χ1v) is 3.65. The van der Waals surface area contributed by atoms with Crippen LogP contribution in [-0.2, 0) is 0 Å². The maximum atomic E-state index is 12.6. The Bertz CT molecular complexity index is 201. The highest BCUT2D eigenvalue weighted by Crippen LogP contribution is 2.24. The zero-order valence-corrected chi connectivity index (χ0v) is 7.06. The summed E-state index contributed by atoms with van der Waals surface area (Å²) in [5, 5.41) is 2.65. The van der Waals surface area contributed by atoms with Crippen molar-refractivity contribution in [1.82, 2.24) is 5.32 Å². The lowest BCUT2D eigenvalue weighted by Crippen LogP contribution is -2.32. The van der Waals surface area contributed by atoms with Crippen LogP contribution in [0.5, 0.6) is 0 Å². The second-order valence-electron chi connectivity index (χ2n) is 3.61. The Morgan fingerprint density at radius 2 is 2.18 bits per heavy atom. The molecule has 0 bridgehead atoms. The van der Waals surface area contributed by atoms with Crippen LogP contribution in [-0.4, -0.2) is 12.6 Å². The van der Waals surface area contributed by atoms with Crippen molar-refractivity contribution >= 4 is 6.21 Å². The van der Waals surface area contributed by atoms with E-state index in [1.54, 1.807) is 6.08 Å². The molecule has 62 valence electrons. The van der Waals surface area contributed by atoms with E-state index in [9.17, 15) is 4.39 Å². The van der Waals surface area contributed by atoms with E-state index in [-0.39, 0.29) is 5.41 Å². The predicted molar refractivity (Wildman–Crippen MR) is 44.1 cm³/mol. The molecule has 1 N–H and O–H groups in total. The van der Waals surface area contributed by atoms with Gasteiger partial charge in [-0.25, -0.2) is 4.99 Å². The molecule has 0 fully saturated rings. The molecule has 0 saturated heterocycles. The minimum Gasteiger partial charge on any atom is -0.341 e. The Morgan fingerprint density at radius 3 is 2.55 bits per heavy atom. The summed E-state index contributed by atoms with van der Waals surface area (Å²) >= 11 is 0. The maximum Gasteiger partial charge on any atom is 0.264 e. The summed E-state index contributed by atoms with van der Waals surface area (Å²) in [6, 6.07) is 0. The van der Waals surface area contributed by atoms with E-state index in [1.807, 2.05) is 20.8 Å². The van der Waals surface area contributed by atoms with Crippen LogP contribution in [0, 0.1) is 5.41 Å². The summed E-state index contributed by atoms with van der Waals surface area (Å²) in [7, 11) is 0. The van der Waals surface area contributed by atoms with Crippen LogP contribution in [0.15, 0.2) is 16.8 Å². The molecule has 1 rings (SSSR count). The Hall–Kier alpha value is -0.860. The van der Waals surface area contributed by atoms with Gasteiger partial charge in [-0.2, -0.15) is 4.39 Å². The number of hydrogen-bond acceptors (Lipinski definition) is 2. The topological polar surface area (TPSA) is 24.4 Å². The minimum atomic E-state index is -1.27. The molecule has 11 heavy (non-hydrogen) atoms. The summed E-state index contributed by atoms with van der Waals surface area (Å²) in [5.74, 6) is 0. The lowest BCUT2D eigenvalue weighted by molar-refractivity contribution is 0.279. The minimum absolute atomic E-state index is 0.0310. The lowest BCUT2D eigenvalue weighted by atomic mass is 9.91. The van der Waals surface area contributed by atoms with Crippen LogP contribution in [0.4, 0.5) is 4.39 Å². The van der Waals surface area contributed by atoms with Gasteiger partial charge in [0.2, 0.25) is 0 Å². The van der Waals surface area contributed by atoms with Crippen molar-refractivity contribution < 1.29 is 4.39 Å². The zero-order valence-electron chi connectivity index (χ0n) is 7.06. The molecule has 1 heterocycles. The molecule has 3 heteroatoms. The Balaban J connectivity index is 2.75. The van der Waals surface area contributed by atoms with Crippen molar-refractivity contribution in [2.75, 3.05) is 0 Å². The fraction of sp³-hybridized carbons (Fsp3) is 0.625. The van der Waals surface area contributed by atoms with E-state index >= 15 is 0 Å². The quantitative estimate of drug-likeness (QED) is 0.532. The Morgan fingerprint density at radius 1 is 1.55 bits per heavy atom. The van der Waals surface area contributed by atoms with Crippen LogP contribution in [0.25, 0.3) is 0 Å².